The monoisotopic (exact) mass is 325 g/mol. The molecule has 1 aromatic rings. The first-order chi connectivity index (χ1) is 11.1. The first-order valence-electron chi connectivity index (χ1n) is 7.67. The van der Waals surface area contributed by atoms with Crippen LogP contribution >= 0.6 is 0 Å². The van der Waals surface area contributed by atoms with Crippen molar-refractivity contribution in [3.8, 4) is 11.5 Å². The summed E-state index contributed by atoms with van der Waals surface area (Å²) in [5.74, 6) is 1.18. The molecule has 0 aliphatic heterocycles. The number of aliphatic hydroxyl groups excluding tert-OH is 3. The highest BCUT2D eigenvalue weighted by Gasteiger charge is 2.13. The van der Waals surface area contributed by atoms with E-state index in [2.05, 4.69) is 6.58 Å². The lowest BCUT2D eigenvalue weighted by molar-refractivity contribution is 0.0545. The Labute approximate surface area is 137 Å². The maximum Gasteiger partial charge on any atom is 0.161 e. The average Bonchev–Trinajstić information content (AvgIpc) is 2.54. The number of hydrogen-bond donors (Lipinski definition) is 3. The third-order valence-electron chi connectivity index (χ3n) is 3.34. The first-order valence-corrected chi connectivity index (χ1v) is 7.67. The third kappa shape index (κ3) is 7.00. The molecule has 0 radical (unpaired) electrons. The zero-order valence-corrected chi connectivity index (χ0v) is 13.6. The zero-order chi connectivity index (χ0) is 17.1. The summed E-state index contributed by atoms with van der Waals surface area (Å²) in [6, 6.07) is 5.62. The Bertz CT molecular complexity index is 460. The van der Waals surface area contributed by atoms with Crippen LogP contribution in [0.2, 0.25) is 0 Å². The fourth-order valence-corrected chi connectivity index (χ4v) is 2.24. The summed E-state index contributed by atoms with van der Waals surface area (Å²) in [7, 11) is 1.57. The summed E-state index contributed by atoms with van der Waals surface area (Å²) in [6.45, 7) is 4.88. The molecule has 0 fully saturated rings. The Morgan fingerprint density at radius 1 is 1.22 bits per heavy atom. The van der Waals surface area contributed by atoms with E-state index in [1.807, 2.05) is 24.3 Å². The van der Waals surface area contributed by atoms with Gasteiger partial charge < -0.3 is 24.8 Å². The van der Waals surface area contributed by atoms with Crippen molar-refractivity contribution in [2.24, 2.45) is 0 Å². The van der Waals surface area contributed by atoms with Gasteiger partial charge in [0, 0.05) is 19.6 Å². The van der Waals surface area contributed by atoms with E-state index in [0.29, 0.717) is 31.1 Å². The number of methoxy groups -OCH3 is 1. The number of hydrogen-bond acceptors (Lipinski definition) is 6. The minimum atomic E-state index is -0.731. The normalized spacial score (nSPS) is 12.2. The van der Waals surface area contributed by atoms with Crippen LogP contribution in [0.1, 0.15) is 5.56 Å². The molecule has 23 heavy (non-hydrogen) atoms. The smallest absolute Gasteiger partial charge is 0.161 e. The van der Waals surface area contributed by atoms with Crippen LogP contribution in [-0.2, 0) is 6.42 Å². The molecular formula is C17H27NO5. The number of benzene rings is 1. The van der Waals surface area contributed by atoms with Crippen LogP contribution in [0.25, 0.3) is 0 Å². The highest BCUT2D eigenvalue weighted by molar-refractivity contribution is 5.43. The second-order valence-corrected chi connectivity index (χ2v) is 5.19. The molecule has 0 amide bonds. The van der Waals surface area contributed by atoms with Crippen LogP contribution < -0.4 is 9.47 Å². The van der Waals surface area contributed by atoms with Crippen LogP contribution in [0.4, 0.5) is 0 Å². The van der Waals surface area contributed by atoms with E-state index in [9.17, 15) is 5.11 Å². The molecule has 0 aliphatic carbocycles. The Hall–Kier alpha value is -1.60. The van der Waals surface area contributed by atoms with Gasteiger partial charge in [-0.25, -0.2) is 0 Å². The van der Waals surface area contributed by atoms with Gasteiger partial charge in [-0.3, -0.25) is 4.90 Å². The zero-order valence-electron chi connectivity index (χ0n) is 13.6. The van der Waals surface area contributed by atoms with E-state index < -0.39 is 6.10 Å². The van der Waals surface area contributed by atoms with Gasteiger partial charge in [0.05, 0.1) is 20.3 Å². The molecule has 0 aromatic heterocycles. The molecule has 0 saturated carbocycles. The lowest BCUT2D eigenvalue weighted by Gasteiger charge is -2.23. The van der Waals surface area contributed by atoms with E-state index >= 15 is 0 Å². The fraction of sp³-hybridized carbons (Fsp3) is 0.529. The molecule has 6 nitrogen and oxygen atoms in total. The van der Waals surface area contributed by atoms with Crippen LogP contribution in [0.15, 0.2) is 30.9 Å². The van der Waals surface area contributed by atoms with Gasteiger partial charge >= 0.3 is 0 Å². The van der Waals surface area contributed by atoms with Gasteiger partial charge in [-0.2, -0.15) is 0 Å². The standard InChI is InChI=1S/C17H27NO5/c1-3-4-14-5-6-16(17(11-14)22-2)23-13-15(21)12-18(7-9-19)8-10-20/h3,5-6,11,15,19-21H,1,4,7-10,12-13H2,2H3/t15-/m1/s1. The van der Waals surface area contributed by atoms with E-state index in [0.717, 1.165) is 12.0 Å². The Morgan fingerprint density at radius 2 is 1.91 bits per heavy atom. The molecule has 0 bridgehead atoms. The molecule has 0 aliphatic rings. The number of aliphatic hydroxyl groups is 3. The summed E-state index contributed by atoms with van der Waals surface area (Å²) in [6.07, 6.45) is 1.83. The summed E-state index contributed by atoms with van der Waals surface area (Å²) in [5.41, 5.74) is 1.07. The van der Waals surface area contributed by atoms with Gasteiger partial charge in [0.25, 0.3) is 0 Å². The highest BCUT2D eigenvalue weighted by atomic mass is 16.5. The minimum absolute atomic E-state index is 0.0217. The number of ether oxygens (including phenoxy) is 2. The van der Waals surface area contributed by atoms with Crippen molar-refractivity contribution in [1.29, 1.82) is 0 Å². The topological polar surface area (TPSA) is 82.4 Å². The van der Waals surface area contributed by atoms with Crippen molar-refractivity contribution in [3.05, 3.63) is 36.4 Å². The molecule has 1 rings (SSSR count). The quantitative estimate of drug-likeness (QED) is 0.484. The van der Waals surface area contributed by atoms with E-state index in [1.54, 1.807) is 12.0 Å². The predicted octanol–water partition coefficient (Wildman–Crippen LogP) is 0.450. The third-order valence-corrected chi connectivity index (χ3v) is 3.34. The van der Waals surface area contributed by atoms with Crippen molar-refractivity contribution in [3.63, 3.8) is 0 Å². The molecule has 6 heteroatoms. The molecule has 0 heterocycles. The van der Waals surface area contributed by atoms with Crippen LogP contribution in [0.5, 0.6) is 11.5 Å². The van der Waals surface area contributed by atoms with Crippen LogP contribution in [0, 0.1) is 0 Å². The minimum Gasteiger partial charge on any atom is -0.493 e. The molecule has 1 aromatic carbocycles. The molecule has 0 unspecified atom stereocenters. The largest absolute Gasteiger partial charge is 0.493 e. The lowest BCUT2D eigenvalue weighted by Crippen LogP contribution is -2.38. The lowest BCUT2D eigenvalue weighted by atomic mass is 10.1. The van der Waals surface area contributed by atoms with E-state index in [1.165, 1.54) is 0 Å². The van der Waals surface area contributed by atoms with Gasteiger partial charge in [0.1, 0.15) is 12.7 Å². The van der Waals surface area contributed by atoms with E-state index in [-0.39, 0.29) is 19.8 Å². The van der Waals surface area contributed by atoms with Gasteiger partial charge in [0.15, 0.2) is 11.5 Å². The van der Waals surface area contributed by atoms with E-state index in [4.69, 9.17) is 19.7 Å². The Kier molecular flexibility index (Phi) is 9.31. The molecule has 1 atom stereocenters. The summed E-state index contributed by atoms with van der Waals surface area (Å²) in [4.78, 5) is 1.78. The fourth-order valence-electron chi connectivity index (χ4n) is 2.24. The van der Waals surface area contributed by atoms with Crippen LogP contribution in [-0.4, -0.2) is 72.9 Å². The predicted molar refractivity (Wildman–Crippen MR) is 89.0 cm³/mol. The molecule has 0 spiro atoms. The maximum absolute atomic E-state index is 10.1. The molecule has 3 N–H and O–H groups in total. The summed E-state index contributed by atoms with van der Waals surface area (Å²) < 4.78 is 10.9. The average molecular weight is 325 g/mol. The maximum atomic E-state index is 10.1. The summed E-state index contributed by atoms with van der Waals surface area (Å²) >= 11 is 0. The van der Waals surface area contributed by atoms with Gasteiger partial charge in [-0.15, -0.1) is 6.58 Å². The van der Waals surface area contributed by atoms with Crippen LogP contribution in [0.3, 0.4) is 0 Å². The van der Waals surface area contributed by atoms with Gasteiger partial charge in [0.2, 0.25) is 0 Å². The van der Waals surface area contributed by atoms with Gasteiger partial charge in [-0.1, -0.05) is 12.1 Å². The van der Waals surface area contributed by atoms with Crippen molar-refractivity contribution in [1.82, 2.24) is 4.90 Å². The van der Waals surface area contributed by atoms with Gasteiger partial charge in [-0.05, 0) is 24.1 Å². The molecular weight excluding hydrogens is 298 g/mol. The first kappa shape index (κ1) is 19.4. The molecule has 0 saturated heterocycles. The molecule has 130 valence electrons. The number of rotatable bonds is 12. The second kappa shape index (κ2) is 11.0. The Morgan fingerprint density at radius 3 is 2.48 bits per heavy atom. The van der Waals surface area contributed by atoms with Crippen molar-refractivity contribution < 1.29 is 24.8 Å². The Balaban J connectivity index is 2.57. The highest BCUT2D eigenvalue weighted by Crippen LogP contribution is 2.28. The number of allylic oxidation sites excluding steroid dienone is 1. The SMILES string of the molecule is C=CCc1ccc(OC[C@H](O)CN(CCO)CCO)c(OC)c1. The van der Waals surface area contributed by atoms with Crippen molar-refractivity contribution >= 4 is 0 Å². The van der Waals surface area contributed by atoms with Crippen molar-refractivity contribution in [2.75, 3.05) is 46.6 Å². The van der Waals surface area contributed by atoms with Crippen molar-refractivity contribution in [2.45, 2.75) is 12.5 Å². The summed E-state index contributed by atoms with van der Waals surface area (Å²) in [5, 5.41) is 28.0. The number of nitrogens with zero attached hydrogens (tertiary/aromatic N) is 1. The second-order valence-electron chi connectivity index (χ2n) is 5.19.